The number of ether oxygens (including phenoxy) is 1. The van der Waals surface area contributed by atoms with Gasteiger partial charge in [0, 0.05) is 12.0 Å². The van der Waals surface area contributed by atoms with Crippen LogP contribution in [0.25, 0.3) is 0 Å². The number of halogens is 1. The van der Waals surface area contributed by atoms with Gasteiger partial charge in [0.15, 0.2) is 6.10 Å². The molecule has 1 N–H and O–H groups in total. The quantitative estimate of drug-likeness (QED) is 0.772. The maximum atomic E-state index is 12.9. The highest BCUT2D eigenvalue weighted by atomic mass is 19.1. The van der Waals surface area contributed by atoms with Crippen LogP contribution < -0.4 is 5.32 Å². The minimum absolute atomic E-state index is 0.0688. The first-order valence-corrected chi connectivity index (χ1v) is 10.2. The Balaban J connectivity index is 1.26. The van der Waals surface area contributed by atoms with Crippen LogP contribution in [0.4, 0.5) is 4.39 Å². The smallest absolute Gasteiger partial charge is 0.306 e. The maximum Gasteiger partial charge on any atom is 0.306 e. The summed E-state index contributed by atoms with van der Waals surface area (Å²) in [6.45, 7) is 1.64. The highest BCUT2D eigenvalue weighted by Gasteiger charge is 2.51. The molecule has 4 aliphatic rings. The molecule has 0 heterocycles. The van der Waals surface area contributed by atoms with E-state index in [2.05, 4.69) is 5.32 Å². The molecule has 4 aliphatic carbocycles. The number of esters is 1. The van der Waals surface area contributed by atoms with Crippen LogP contribution in [0.2, 0.25) is 0 Å². The molecule has 1 amide bonds. The van der Waals surface area contributed by atoms with Gasteiger partial charge in [0.1, 0.15) is 5.82 Å². The van der Waals surface area contributed by atoms with Gasteiger partial charge < -0.3 is 10.1 Å². The van der Waals surface area contributed by atoms with Gasteiger partial charge in [-0.1, -0.05) is 12.1 Å². The van der Waals surface area contributed by atoms with Crippen molar-refractivity contribution in [2.75, 3.05) is 0 Å². The van der Waals surface area contributed by atoms with Crippen molar-refractivity contribution in [1.29, 1.82) is 0 Å². The lowest BCUT2D eigenvalue weighted by Gasteiger charge is -2.57. The standard InChI is InChI=1S/C22H28FNO3/c1-14(27-20(25)7-4-15-2-5-19(23)6-3-15)21(26)24-22-11-16-8-17(12-22)10-18(9-16)13-22/h2-3,5-6,14,16-18H,4,7-13H2,1H3,(H,24,26)/t14-,16?,17?,18?,22?/m1/s1. The summed E-state index contributed by atoms with van der Waals surface area (Å²) in [4.78, 5) is 24.7. The summed E-state index contributed by atoms with van der Waals surface area (Å²) in [5, 5.41) is 3.25. The van der Waals surface area contributed by atoms with E-state index in [-0.39, 0.29) is 23.7 Å². The van der Waals surface area contributed by atoms with E-state index < -0.39 is 12.1 Å². The van der Waals surface area contributed by atoms with Crippen LogP contribution in [-0.4, -0.2) is 23.5 Å². The average Bonchev–Trinajstić information content (AvgIpc) is 2.59. The molecule has 5 heteroatoms. The maximum absolute atomic E-state index is 12.9. The van der Waals surface area contributed by atoms with Crippen LogP contribution in [0, 0.1) is 23.6 Å². The van der Waals surface area contributed by atoms with Gasteiger partial charge in [-0.3, -0.25) is 9.59 Å². The zero-order chi connectivity index (χ0) is 19.0. The topological polar surface area (TPSA) is 55.4 Å². The van der Waals surface area contributed by atoms with Gasteiger partial charge >= 0.3 is 5.97 Å². The highest BCUT2D eigenvalue weighted by molar-refractivity contribution is 5.84. The molecule has 1 aromatic rings. The van der Waals surface area contributed by atoms with Gasteiger partial charge in [-0.15, -0.1) is 0 Å². The lowest BCUT2D eigenvalue weighted by atomic mass is 9.53. The van der Waals surface area contributed by atoms with E-state index in [1.54, 1.807) is 19.1 Å². The van der Waals surface area contributed by atoms with Gasteiger partial charge in [0.2, 0.25) is 0 Å². The van der Waals surface area contributed by atoms with Gasteiger partial charge in [-0.25, -0.2) is 4.39 Å². The summed E-state index contributed by atoms with van der Waals surface area (Å²) in [6.07, 6.45) is 7.08. The van der Waals surface area contributed by atoms with Crippen molar-refractivity contribution >= 4 is 11.9 Å². The number of carbonyl (C=O) groups is 2. The number of benzene rings is 1. The third-order valence-electron chi connectivity index (χ3n) is 6.64. The molecule has 0 unspecified atom stereocenters. The molecule has 146 valence electrons. The first kappa shape index (κ1) is 18.5. The molecule has 4 nitrogen and oxygen atoms in total. The lowest BCUT2D eigenvalue weighted by molar-refractivity contribution is -0.156. The third-order valence-corrected chi connectivity index (χ3v) is 6.64. The molecule has 4 bridgehead atoms. The Hall–Kier alpha value is -1.91. The minimum atomic E-state index is -0.779. The van der Waals surface area contributed by atoms with Crippen LogP contribution >= 0.6 is 0 Å². The molecular formula is C22H28FNO3. The second-order valence-electron chi connectivity index (χ2n) is 8.95. The van der Waals surface area contributed by atoms with Crippen LogP contribution in [0.5, 0.6) is 0 Å². The van der Waals surface area contributed by atoms with Crippen molar-refractivity contribution in [3.8, 4) is 0 Å². The summed E-state index contributed by atoms with van der Waals surface area (Å²) in [5.74, 6) is 1.40. The third kappa shape index (κ3) is 4.17. The number of amides is 1. The Morgan fingerprint density at radius 1 is 1.11 bits per heavy atom. The minimum Gasteiger partial charge on any atom is -0.453 e. The normalized spacial score (nSPS) is 32.1. The zero-order valence-corrected chi connectivity index (χ0v) is 15.9. The van der Waals surface area contributed by atoms with E-state index in [1.807, 2.05) is 0 Å². The Labute approximate surface area is 159 Å². The first-order valence-electron chi connectivity index (χ1n) is 10.2. The van der Waals surface area contributed by atoms with Crippen LogP contribution in [0.1, 0.15) is 57.4 Å². The molecule has 0 radical (unpaired) electrons. The van der Waals surface area contributed by atoms with Gasteiger partial charge in [0.05, 0.1) is 0 Å². The predicted octanol–water partition coefficient (Wildman–Crippen LogP) is 3.78. The lowest BCUT2D eigenvalue weighted by Crippen LogP contribution is -2.61. The molecule has 1 atom stereocenters. The zero-order valence-electron chi connectivity index (χ0n) is 15.9. The van der Waals surface area contributed by atoms with Gasteiger partial charge in [0.25, 0.3) is 5.91 Å². The molecule has 5 rings (SSSR count). The number of rotatable bonds is 6. The molecular weight excluding hydrogens is 345 g/mol. The van der Waals surface area contributed by atoms with Crippen LogP contribution in [0.3, 0.4) is 0 Å². The largest absolute Gasteiger partial charge is 0.453 e. The Kier molecular flexibility index (Phi) is 4.95. The van der Waals surface area contributed by atoms with Crippen molar-refractivity contribution < 1.29 is 18.7 Å². The molecule has 27 heavy (non-hydrogen) atoms. The Bertz CT molecular complexity index is 679. The molecule has 4 saturated carbocycles. The van der Waals surface area contributed by atoms with Gasteiger partial charge in [-0.2, -0.15) is 0 Å². The van der Waals surface area contributed by atoms with E-state index in [1.165, 1.54) is 31.4 Å². The summed E-state index contributed by atoms with van der Waals surface area (Å²) >= 11 is 0. The van der Waals surface area contributed by atoms with Crippen LogP contribution in [-0.2, 0) is 20.7 Å². The summed E-state index contributed by atoms with van der Waals surface area (Å²) < 4.78 is 18.3. The number of aryl methyl sites for hydroxylation is 1. The fourth-order valence-electron chi connectivity index (χ4n) is 5.83. The van der Waals surface area contributed by atoms with Gasteiger partial charge in [-0.05, 0) is 87.3 Å². The van der Waals surface area contributed by atoms with Crippen molar-refractivity contribution in [1.82, 2.24) is 5.32 Å². The fraction of sp³-hybridized carbons (Fsp3) is 0.636. The summed E-state index contributed by atoms with van der Waals surface area (Å²) in [7, 11) is 0. The second kappa shape index (κ2) is 7.25. The molecule has 0 saturated heterocycles. The SMILES string of the molecule is C[C@@H](OC(=O)CCc1ccc(F)cc1)C(=O)NC12CC3CC(CC(C3)C1)C2. The van der Waals surface area contributed by atoms with E-state index in [0.29, 0.717) is 6.42 Å². The van der Waals surface area contributed by atoms with Crippen molar-refractivity contribution in [2.45, 2.75) is 69.9 Å². The number of nitrogens with one attached hydrogen (secondary N) is 1. The van der Waals surface area contributed by atoms with E-state index in [0.717, 1.165) is 42.6 Å². The van der Waals surface area contributed by atoms with Crippen molar-refractivity contribution in [3.63, 3.8) is 0 Å². The summed E-state index contributed by atoms with van der Waals surface area (Å²) in [5.41, 5.74) is 0.805. The Morgan fingerprint density at radius 3 is 2.22 bits per heavy atom. The van der Waals surface area contributed by atoms with E-state index in [4.69, 9.17) is 4.74 Å². The molecule has 0 spiro atoms. The molecule has 0 aliphatic heterocycles. The second-order valence-corrected chi connectivity index (χ2v) is 8.95. The first-order chi connectivity index (χ1) is 12.9. The highest BCUT2D eigenvalue weighted by Crippen LogP contribution is 2.55. The molecule has 4 fully saturated rings. The molecule has 0 aromatic heterocycles. The number of carbonyl (C=O) groups excluding carboxylic acids is 2. The fourth-order valence-corrected chi connectivity index (χ4v) is 5.83. The van der Waals surface area contributed by atoms with E-state index in [9.17, 15) is 14.0 Å². The van der Waals surface area contributed by atoms with Crippen molar-refractivity contribution in [3.05, 3.63) is 35.6 Å². The predicted molar refractivity (Wildman–Crippen MR) is 99.3 cm³/mol. The number of hydrogen-bond acceptors (Lipinski definition) is 3. The Morgan fingerprint density at radius 2 is 1.67 bits per heavy atom. The summed E-state index contributed by atoms with van der Waals surface area (Å²) in [6, 6.07) is 6.07. The van der Waals surface area contributed by atoms with Crippen LogP contribution in [0.15, 0.2) is 24.3 Å². The van der Waals surface area contributed by atoms with Crippen molar-refractivity contribution in [2.24, 2.45) is 17.8 Å². The molecule has 1 aromatic carbocycles. The monoisotopic (exact) mass is 373 g/mol. The average molecular weight is 373 g/mol. The number of hydrogen-bond donors (Lipinski definition) is 1. The van der Waals surface area contributed by atoms with E-state index >= 15 is 0 Å².